The molecule has 0 aliphatic rings. The van der Waals surface area contributed by atoms with E-state index in [0.717, 1.165) is 42.6 Å². The number of ether oxygens (including phenoxy) is 1. The smallest absolute Gasteiger partial charge is 1.00 e. The van der Waals surface area contributed by atoms with Gasteiger partial charge in [0, 0.05) is 13.0 Å². The minimum absolute atomic E-state index is 0. The Hall–Kier alpha value is -0.858. The van der Waals surface area contributed by atoms with Crippen LogP contribution in [0.2, 0.25) is 0 Å². The summed E-state index contributed by atoms with van der Waals surface area (Å²) in [7, 11) is 0. The summed E-state index contributed by atoms with van der Waals surface area (Å²) in [4.78, 5) is 10.5. The Labute approximate surface area is 297 Å². The Balaban J connectivity index is 0.00000400. The van der Waals surface area contributed by atoms with Crippen molar-refractivity contribution in [1.29, 1.82) is 0 Å². The fraction of sp³-hybridized carbons (Fsp3) is 0.457. The van der Waals surface area contributed by atoms with E-state index in [4.69, 9.17) is 9.84 Å². The Kier molecular flexibility index (Phi) is 18.4. The van der Waals surface area contributed by atoms with Crippen LogP contribution >= 0.6 is 0 Å². The Morgan fingerprint density at radius 2 is 0.846 bits per heavy atom. The van der Waals surface area contributed by atoms with Crippen LogP contribution in [0.3, 0.4) is 0 Å². The van der Waals surface area contributed by atoms with E-state index in [2.05, 4.69) is 91.0 Å². The molecule has 0 amide bonds. The molecule has 3 rings (SSSR count). The van der Waals surface area contributed by atoms with Gasteiger partial charge in [-0.05, 0) is 29.5 Å². The van der Waals surface area contributed by atoms with E-state index in [-0.39, 0.29) is 70.3 Å². The maximum absolute atomic E-state index is 10.5. The molecule has 0 unspecified atom stereocenters. The molecule has 0 fully saturated rings. The number of hydrogen-bond donors (Lipinski definition) is 1. The molecule has 0 spiro atoms. The van der Waals surface area contributed by atoms with Crippen molar-refractivity contribution in [2.24, 2.45) is 0 Å². The third kappa shape index (κ3) is 12.3. The predicted octanol–water partition coefficient (Wildman–Crippen LogP) is 6.66. The van der Waals surface area contributed by atoms with Crippen LogP contribution in [0.4, 0.5) is 0 Å². The summed E-state index contributed by atoms with van der Waals surface area (Å²) in [5, 5.41) is 8.67. The van der Waals surface area contributed by atoms with Gasteiger partial charge in [-0.3, -0.25) is 4.79 Å². The molecule has 0 aliphatic heterocycles. The SMILES string of the molecule is O=C(O)CCCCCCCCCCCCCCCOC(c1ccccc1)(c1ccccc1)c1ccccc1.[Cs+].[H-]. The fourth-order valence-electron chi connectivity index (χ4n) is 5.32. The molecule has 3 nitrogen and oxygen atoms in total. The first-order valence-corrected chi connectivity index (χ1v) is 14.8. The van der Waals surface area contributed by atoms with Gasteiger partial charge in [0.05, 0.1) is 0 Å². The van der Waals surface area contributed by atoms with Gasteiger partial charge in [0.2, 0.25) is 0 Å². The van der Waals surface area contributed by atoms with Gasteiger partial charge in [0.1, 0.15) is 5.60 Å². The van der Waals surface area contributed by atoms with E-state index in [1.165, 1.54) is 64.2 Å². The van der Waals surface area contributed by atoms with E-state index in [1.54, 1.807) is 0 Å². The minimum atomic E-state index is -0.669. The second kappa shape index (κ2) is 20.9. The average Bonchev–Trinajstić information content (AvgIpc) is 2.96. The predicted molar refractivity (Wildman–Crippen MR) is 159 cm³/mol. The first-order valence-electron chi connectivity index (χ1n) is 14.8. The molecule has 3 aromatic carbocycles. The third-order valence-electron chi connectivity index (χ3n) is 7.39. The second-order valence-corrected chi connectivity index (χ2v) is 10.4. The summed E-state index contributed by atoms with van der Waals surface area (Å²) in [6.45, 7) is 0.727. The van der Waals surface area contributed by atoms with Crippen LogP contribution in [-0.4, -0.2) is 17.7 Å². The van der Waals surface area contributed by atoms with Crippen LogP contribution in [0.15, 0.2) is 91.0 Å². The summed E-state index contributed by atoms with van der Waals surface area (Å²) in [6.07, 6.45) is 16.0. The maximum Gasteiger partial charge on any atom is 1.00 e. The first kappa shape index (κ1) is 34.3. The molecule has 206 valence electrons. The zero-order chi connectivity index (χ0) is 26.7. The van der Waals surface area contributed by atoms with E-state index in [9.17, 15) is 4.79 Å². The summed E-state index contributed by atoms with van der Waals surface area (Å²) < 4.78 is 6.88. The molecule has 3 aromatic rings. The Bertz CT molecular complexity index is 918. The van der Waals surface area contributed by atoms with Crippen molar-refractivity contribution in [3.8, 4) is 0 Å². The van der Waals surface area contributed by atoms with Crippen molar-refractivity contribution in [2.75, 3.05) is 6.61 Å². The Morgan fingerprint density at radius 3 is 1.18 bits per heavy atom. The van der Waals surface area contributed by atoms with Crippen molar-refractivity contribution < 1.29 is 85.0 Å². The molecule has 4 heteroatoms. The maximum atomic E-state index is 10.5. The molecule has 0 radical (unpaired) electrons. The van der Waals surface area contributed by atoms with Crippen molar-refractivity contribution in [2.45, 2.75) is 95.5 Å². The molecule has 1 N–H and O–H groups in total. The monoisotopic (exact) mass is 648 g/mol. The zero-order valence-corrected chi connectivity index (χ0v) is 30.3. The summed E-state index contributed by atoms with van der Waals surface area (Å²) in [5.41, 5.74) is 2.88. The number of benzene rings is 3. The topological polar surface area (TPSA) is 46.5 Å². The normalized spacial score (nSPS) is 11.2. The van der Waals surface area contributed by atoms with Crippen molar-refractivity contribution in [3.63, 3.8) is 0 Å². The van der Waals surface area contributed by atoms with Gasteiger partial charge < -0.3 is 11.3 Å². The van der Waals surface area contributed by atoms with Crippen molar-refractivity contribution >= 4 is 5.97 Å². The third-order valence-corrected chi connectivity index (χ3v) is 7.39. The number of rotatable bonds is 20. The van der Waals surface area contributed by atoms with Gasteiger partial charge in [-0.15, -0.1) is 0 Å². The number of carbonyl (C=O) groups is 1. The zero-order valence-electron chi connectivity index (χ0n) is 25.0. The number of aliphatic carboxylic acids is 1. The van der Waals surface area contributed by atoms with Crippen LogP contribution in [0.25, 0.3) is 0 Å². The van der Waals surface area contributed by atoms with Gasteiger partial charge in [-0.25, -0.2) is 0 Å². The van der Waals surface area contributed by atoms with Crippen LogP contribution < -0.4 is 68.9 Å². The van der Waals surface area contributed by atoms with Gasteiger partial charge in [-0.2, -0.15) is 0 Å². The molecule has 0 aliphatic carbocycles. The fourth-order valence-corrected chi connectivity index (χ4v) is 5.32. The summed E-state index contributed by atoms with van der Waals surface area (Å²) in [6, 6.07) is 31.9. The van der Waals surface area contributed by atoms with Gasteiger partial charge in [-0.1, -0.05) is 162 Å². The van der Waals surface area contributed by atoms with Crippen LogP contribution in [0.1, 0.15) is 108 Å². The van der Waals surface area contributed by atoms with E-state index in [1.807, 2.05) is 0 Å². The number of hydrogen-bond acceptors (Lipinski definition) is 2. The summed E-state index contributed by atoms with van der Waals surface area (Å²) in [5.74, 6) is -0.669. The second-order valence-electron chi connectivity index (χ2n) is 10.4. The first-order chi connectivity index (χ1) is 18.7. The molecular weight excluding hydrogens is 601 g/mol. The molecule has 0 saturated carbocycles. The standard InChI is InChI=1S/C35H46O3.Cs.H/c36-34(37)29-21-10-8-6-4-2-1-3-5-7-9-11-22-30-38-35(31-23-15-12-16-24-31,32-25-17-13-18-26-32)33-27-19-14-20-28-33;;/h12-20,23-28H,1-11,21-22,29-30H2,(H,36,37);;/q;+1;-1. The van der Waals surface area contributed by atoms with E-state index in [0.29, 0.717) is 6.42 Å². The molecule has 0 saturated heterocycles. The molecule has 39 heavy (non-hydrogen) atoms. The Morgan fingerprint density at radius 1 is 0.538 bits per heavy atom. The van der Waals surface area contributed by atoms with E-state index >= 15 is 0 Å². The van der Waals surface area contributed by atoms with Crippen molar-refractivity contribution in [3.05, 3.63) is 108 Å². The number of carboxylic acid groups (broad SMARTS) is 1. The molecular formula is C35H47CsO3. The number of carboxylic acids is 1. The summed E-state index contributed by atoms with van der Waals surface area (Å²) >= 11 is 0. The largest absolute Gasteiger partial charge is 1.00 e. The minimum Gasteiger partial charge on any atom is -1.00 e. The van der Waals surface area contributed by atoms with Crippen LogP contribution in [-0.2, 0) is 15.1 Å². The van der Waals surface area contributed by atoms with Crippen LogP contribution in [0, 0.1) is 0 Å². The van der Waals surface area contributed by atoms with Gasteiger partial charge >= 0.3 is 74.9 Å². The molecule has 0 bridgehead atoms. The quantitative estimate of drug-likeness (QED) is 0.110. The molecule has 0 heterocycles. The molecule has 0 atom stereocenters. The average molecular weight is 649 g/mol. The van der Waals surface area contributed by atoms with Gasteiger partial charge in [0.15, 0.2) is 0 Å². The van der Waals surface area contributed by atoms with Crippen LogP contribution in [0.5, 0.6) is 0 Å². The van der Waals surface area contributed by atoms with E-state index < -0.39 is 11.6 Å². The number of unbranched alkanes of at least 4 members (excludes halogenated alkanes) is 12. The van der Waals surface area contributed by atoms with Crippen molar-refractivity contribution in [1.82, 2.24) is 0 Å². The molecule has 0 aromatic heterocycles. The van der Waals surface area contributed by atoms with Gasteiger partial charge in [0.25, 0.3) is 0 Å².